The molecule has 0 fully saturated rings. The third kappa shape index (κ3) is 66.2. The molecule has 0 radical (unpaired) electrons. The molecule has 2 unspecified atom stereocenters. The van der Waals surface area contributed by atoms with Crippen molar-refractivity contribution in [1.29, 1.82) is 0 Å². The Balaban J connectivity index is 3.87. The number of allylic oxidation sites excluding steroid dienone is 14. The zero-order chi connectivity index (χ0) is 58.7. The van der Waals surface area contributed by atoms with Gasteiger partial charge in [-0.15, -0.1) is 0 Å². The summed E-state index contributed by atoms with van der Waals surface area (Å²) in [5.74, 6) is -0.818. The highest BCUT2D eigenvalue weighted by Crippen LogP contribution is 2.43. The lowest BCUT2D eigenvalue weighted by molar-refractivity contribution is -0.161. The summed E-state index contributed by atoms with van der Waals surface area (Å²) in [6, 6.07) is 0. The predicted octanol–water partition coefficient (Wildman–Crippen LogP) is 22.2. The van der Waals surface area contributed by atoms with Crippen LogP contribution < -0.4 is 5.73 Å². The third-order valence-corrected chi connectivity index (χ3v) is 15.7. The molecule has 0 aromatic carbocycles. The zero-order valence-corrected chi connectivity index (χ0v) is 53.7. The van der Waals surface area contributed by atoms with Gasteiger partial charge in [0.15, 0.2) is 6.10 Å². The van der Waals surface area contributed by atoms with E-state index in [1.165, 1.54) is 212 Å². The van der Waals surface area contributed by atoms with Crippen molar-refractivity contribution in [1.82, 2.24) is 0 Å². The first kappa shape index (κ1) is 78.2. The van der Waals surface area contributed by atoms with Crippen LogP contribution >= 0.6 is 7.82 Å². The van der Waals surface area contributed by atoms with Crippen LogP contribution in [0.4, 0.5) is 0 Å². The van der Waals surface area contributed by atoms with Crippen molar-refractivity contribution in [3.8, 4) is 0 Å². The highest BCUT2D eigenvalue weighted by Gasteiger charge is 2.26. The number of rotatable bonds is 64. The van der Waals surface area contributed by atoms with Crippen molar-refractivity contribution in [2.45, 2.75) is 328 Å². The minimum absolute atomic E-state index is 0.0520. The molecular weight excluding hydrogens is 1030 g/mol. The van der Waals surface area contributed by atoms with E-state index in [2.05, 4.69) is 98.9 Å². The second kappa shape index (κ2) is 66.3. The number of unbranched alkanes of at least 4 members (excludes halogenated alkanes) is 37. The summed E-state index contributed by atoms with van der Waals surface area (Å²) < 4.78 is 33.2. The van der Waals surface area contributed by atoms with Gasteiger partial charge >= 0.3 is 19.8 Å². The molecule has 470 valence electrons. The van der Waals surface area contributed by atoms with E-state index >= 15 is 0 Å². The van der Waals surface area contributed by atoms with Crippen LogP contribution in [0.1, 0.15) is 322 Å². The minimum Gasteiger partial charge on any atom is -0.462 e. The van der Waals surface area contributed by atoms with Crippen molar-refractivity contribution in [2.75, 3.05) is 26.4 Å². The van der Waals surface area contributed by atoms with Gasteiger partial charge in [-0.25, -0.2) is 4.57 Å². The number of hydrogen-bond acceptors (Lipinski definition) is 8. The summed E-state index contributed by atoms with van der Waals surface area (Å²) in [6.45, 7) is 3.66. The van der Waals surface area contributed by atoms with Gasteiger partial charge in [-0.1, -0.05) is 304 Å². The molecule has 0 aliphatic carbocycles. The van der Waals surface area contributed by atoms with Crippen molar-refractivity contribution in [2.24, 2.45) is 5.73 Å². The van der Waals surface area contributed by atoms with Gasteiger partial charge in [0, 0.05) is 19.4 Å². The number of phosphoric acid groups is 1. The molecule has 2 atom stereocenters. The quantitative estimate of drug-likeness (QED) is 0.0264. The van der Waals surface area contributed by atoms with Gasteiger partial charge in [0.1, 0.15) is 6.61 Å². The maximum atomic E-state index is 12.8. The Hall–Kier alpha value is -2.81. The van der Waals surface area contributed by atoms with Crippen molar-refractivity contribution >= 4 is 19.8 Å². The summed E-state index contributed by atoms with van der Waals surface area (Å²) in [7, 11) is -4.39. The molecule has 0 saturated heterocycles. The fraction of sp³-hybridized carbons (Fsp3) is 0.775. The van der Waals surface area contributed by atoms with Crippen LogP contribution in [0, 0.1) is 0 Å². The standard InChI is InChI=1S/C71H128NO8P/c1-3-5-7-9-11-13-15-17-19-21-23-25-27-29-31-32-33-34-35-36-38-39-41-43-45-47-49-51-53-55-57-59-61-63-70(73)77-67-69(68-79-81(75,76)78-66-65-72)80-71(74)64-62-60-58-56-54-52-50-48-46-44-42-40-37-30-28-26-24-22-20-18-16-14-12-10-8-6-4-2/h6,8,12,14-15,17-18,20-21,23-24,26-27,29,69H,3-5,7,9-11,13,16,19,22,25,28,30-68,72H2,1-2H3,(H,75,76)/b8-6-,14-12-,17-15-,20-18-,23-21-,26-24-,29-27-. The Bertz CT molecular complexity index is 1600. The molecule has 0 saturated carbocycles. The molecule has 0 rings (SSSR count). The fourth-order valence-corrected chi connectivity index (χ4v) is 10.5. The number of nitrogens with two attached hydrogens (primary N) is 1. The Morgan fingerprint density at radius 1 is 0.383 bits per heavy atom. The predicted molar refractivity (Wildman–Crippen MR) is 349 cm³/mol. The zero-order valence-electron chi connectivity index (χ0n) is 52.8. The Kier molecular flexibility index (Phi) is 64.0. The Labute approximate surface area is 500 Å². The van der Waals surface area contributed by atoms with E-state index in [-0.39, 0.29) is 38.6 Å². The number of ether oxygens (including phenoxy) is 2. The summed E-state index contributed by atoms with van der Waals surface area (Å²) in [4.78, 5) is 35.3. The molecule has 0 aromatic rings. The monoisotopic (exact) mass is 1150 g/mol. The minimum atomic E-state index is -4.39. The van der Waals surface area contributed by atoms with Gasteiger partial charge in [0.2, 0.25) is 0 Å². The van der Waals surface area contributed by atoms with Crippen molar-refractivity contribution in [3.05, 3.63) is 85.1 Å². The van der Waals surface area contributed by atoms with E-state index in [9.17, 15) is 19.0 Å². The topological polar surface area (TPSA) is 134 Å². The second-order valence-electron chi connectivity index (χ2n) is 22.7. The number of carbonyl (C=O) groups is 2. The normalized spacial score (nSPS) is 13.5. The van der Waals surface area contributed by atoms with Gasteiger partial charge in [-0.3, -0.25) is 18.6 Å². The number of esters is 2. The fourth-order valence-electron chi connectivity index (χ4n) is 9.76. The number of phosphoric ester groups is 1. The van der Waals surface area contributed by atoms with Crippen LogP contribution in [0.25, 0.3) is 0 Å². The van der Waals surface area contributed by atoms with Crippen LogP contribution in [0.5, 0.6) is 0 Å². The largest absolute Gasteiger partial charge is 0.472 e. The van der Waals surface area contributed by atoms with Gasteiger partial charge in [0.05, 0.1) is 13.2 Å². The molecular formula is C71H128NO8P. The van der Waals surface area contributed by atoms with E-state index in [0.717, 1.165) is 77.0 Å². The first-order valence-electron chi connectivity index (χ1n) is 34.1. The first-order valence-corrected chi connectivity index (χ1v) is 35.6. The van der Waals surface area contributed by atoms with Crippen LogP contribution in [0.3, 0.4) is 0 Å². The number of hydrogen-bond donors (Lipinski definition) is 2. The van der Waals surface area contributed by atoms with E-state index in [4.69, 9.17) is 24.3 Å². The van der Waals surface area contributed by atoms with Crippen LogP contribution in [-0.2, 0) is 32.7 Å². The summed E-state index contributed by atoms with van der Waals surface area (Å²) in [5, 5.41) is 0. The Morgan fingerprint density at radius 3 is 1.01 bits per heavy atom. The van der Waals surface area contributed by atoms with Gasteiger partial charge in [-0.2, -0.15) is 0 Å². The highest BCUT2D eigenvalue weighted by molar-refractivity contribution is 7.47. The third-order valence-electron chi connectivity index (χ3n) is 14.8. The maximum Gasteiger partial charge on any atom is 0.472 e. The molecule has 81 heavy (non-hydrogen) atoms. The van der Waals surface area contributed by atoms with E-state index in [1.54, 1.807) is 0 Å². The molecule has 9 nitrogen and oxygen atoms in total. The molecule has 0 aliphatic heterocycles. The maximum absolute atomic E-state index is 12.8. The average Bonchev–Trinajstić information content (AvgIpc) is 3.46. The summed E-state index contributed by atoms with van der Waals surface area (Å²) >= 11 is 0. The Morgan fingerprint density at radius 2 is 0.679 bits per heavy atom. The smallest absolute Gasteiger partial charge is 0.462 e. The molecule has 0 heterocycles. The molecule has 0 amide bonds. The van der Waals surface area contributed by atoms with Gasteiger partial charge < -0.3 is 20.1 Å². The lowest BCUT2D eigenvalue weighted by atomic mass is 10.0. The summed E-state index contributed by atoms with van der Waals surface area (Å²) in [6.07, 6.45) is 88.1. The highest BCUT2D eigenvalue weighted by atomic mass is 31.2. The SMILES string of the molecule is CC/C=C\C/C=C\C/C=C\C/C=C\CCCCCCCCCCCCCCCCC(=O)OC(COC(=O)CCCCCCCCCCCCCCCCCCCC/C=C\C/C=C\C/C=C\CCCCCCC)COP(=O)(O)OCCN. The second-order valence-corrected chi connectivity index (χ2v) is 24.1. The molecule has 10 heteroatoms. The van der Waals surface area contributed by atoms with Crippen LogP contribution in [0.2, 0.25) is 0 Å². The van der Waals surface area contributed by atoms with E-state index in [1.807, 2.05) is 0 Å². The van der Waals surface area contributed by atoms with Gasteiger partial charge in [-0.05, 0) is 89.9 Å². The van der Waals surface area contributed by atoms with E-state index < -0.39 is 26.5 Å². The van der Waals surface area contributed by atoms with Gasteiger partial charge in [0.25, 0.3) is 0 Å². The average molecular weight is 1150 g/mol. The molecule has 0 bridgehead atoms. The van der Waals surface area contributed by atoms with Crippen molar-refractivity contribution in [3.63, 3.8) is 0 Å². The van der Waals surface area contributed by atoms with Crippen LogP contribution in [-0.4, -0.2) is 49.3 Å². The van der Waals surface area contributed by atoms with Crippen LogP contribution in [0.15, 0.2) is 85.1 Å². The van der Waals surface area contributed by atoms with Crippen molar-refractivity contribution < 1.29 is 37.6 Å². The lowest BCUT2D eigenvalue weighted by Crippen LogP contribution is -2.29. The molecule has 3 N–H and O–H groups in total. The van der Waals surface area contributed by atoms with E-state index in [0.29, 0.717) is 6.42 Å². The summed E-state index contributed by atoms with van der Waals surface area (Å²) in [5.41, 5.74) is 5.40. The molecule has 0 spiro atoms. The molecule has 0 aliphatic rings. The first-order chi connectivity index (χ1) is 39.8. The number of carbonyl (C=O) groups excluding carboxylic acids is 2. The molecule has 0 aromatic heterocycles. The lowest BCUT2D eigenvalue weighted by Gasteiger charge is -2.19.